The number of amides is 1. The second kappa shape index (κ2) is 6.09. The minimum absolute atomic E-state index is 0.0909. The van der Waals surface area contributed by atoms with Crippen molar-refractivity contribution in [1.29, 1.82) is 0 Å². The highest BCUT2D eigenvalue weighted by molar-refractivity contribution is 5.79. The fourth-order valence-corrected chi connectivity index (χ4v) is 6.60. The third kappa shape index (κ3) is 2.58. The molecule has 4 nitrogen and oxygen atoms in total. The zero-order valence-corrected chi connectivity index (χ0v) is 16.6. The van der Waals surface area contributed by atoms with Gasteiger partial charge in [0.2, 0.25) is 0 Å². The van der Waals surface area contributed by atoms with Crippen LogP contribution < -0.4 is 0 Å². The number of ether oxygens (including phenoxy) is 1. The van der Waals surface area contributed by atoms with Gasteiger partial charge in [-0.2, -0.15) is 0 Å². The molecule has 29 heavy (non-hydrogen) atoms. The SMILES string of the molecule is O=C(OCC1c2ccccc2-c2ccccc21)N1CC2(CO)CC(C3CC3)(C1)C2. The lowest BCUT2D eigenvalue weighted by Gasteiger charge is -2.63. The summed E-state index contributed by atoms with van der Waals surface area (Å²) in [5.41, 5.74) is 5.12. The number of benzene rings is 2. The summed E-state index contributed by atoms with van der Waals surface area (Å²) in [5.74, 6) is 0.834. The van der Waals surface area contributed by atoms with Gasteiger partial charge in [0.05, 0.1) is 6.61 Å². The van der Waals surface area contributed by atoms with Gasteiger partial charge in [-0.15, -0.1) is 0 Å². The van der Waals surface area contributed by atoms with Gasteiger partial charge in [-0.05, 0) is 59.3 Å². The molecule has 2 saturated carbocycles. The largest absolute Gasteiger partial charge is 0.448 e. The molecule has 3 aliphatic carbocycles. The zero-order valence-electron chi connectivity index (χ0n) is 16.6. The van der Waals surface area contributed by atoms with Crippen molar-refractivity contribution in [2.45, 2.75) is 31.6 Å². The van der Waals surface area contributed by atoms with Crippen LogP contribution in [0.1, 0.15) is 42.7 Å². The average Bonchev–Trinajstić information content (AvgIpc) is 3.55. The Morgan fingerprint density at radius 3 is 2.21 bits per heavy atom. The molecular formula is C25H27NO3. The first-order chi connectivity index (χ1) is 14.1. The minimum atomic E-state index is -0.214. The van der Waals surface area contributed by atoms with E-state index in [0.29, 0.717) is 13.2 Å². The Kier molecular flexibility index (Phi) is 3.68. The van der Waals surface area contributed by atoms with E-state index in [1.807, 2.05) is 4.90 Å². The van der Waals surface area contributed by atoms with Gasteiger partial charge in [-0.25, -0.2) is 4.79 Å². The van der Waals surface area contributed by atoms with Gasteiger partial charge in [-0.1, -0.05) is 48.5 Å². The maximum Gasteiger partial charge on any atom is 0.409 e. The van der Waals surface area contributed by atoms with Crippen LogP contribution >= 0.6 is 0 Å². The van der Waals surface area contributed by atoms with Crippen molar-refractivity contribution < 1.29 is 14.6 Å². The molecule has 2 aromatic rings. The second-order valence-corrected chi connectivity index (χ2v) is 9.81. The Bertz CT molecular complexity index is 928. The molecular weight excluding hydrogens is 362 g/mol. The number of rotatable bonds is 4. The summed E-state index contributed by atoms with van der Waals surface area (Å²) in [6, 6.07) is 16.8. The van der Waals surface area contributed by atoms with Crippen molar-refractivity contribution >= 4 is 6.09 Å². The molecule has 150 valence electrons. The third-order valence-corrected chi connectivity index (χ3v) is 7.86. The van der Waals surface area contributed by atoms with Crippen molar-refractivity contribution in [2.24, 2.45) is 16.7 Å². The van der Waals surface area contributed by atoms with Crippen molar-refractivity contribution in [2.75, 3.05) is 26.3 Å². The quantitative estimate of drug-likeness (QED) is 0.842. The lowest BCUT2D eigenvalue weighted by molar-refractivity contribution is -0.158. The second-order valence-electron chi connectivity index (χ2n) is 9.81. The predicted molar refractivity (Wildman–Crippen MR) is 111 cm³/mol. The average molecular weight is 389 g/mol. The summed E-state index contributed by atoms with van der Waals surface area (Å²) in [6.45, 7) is 1.98. The monoisotopic (exact) mass is 389 g/mol. The molecule has 0 unspecified atom stereocenters. The van der Waals surface area contributed by atoms with E-state index >= 15 is 0 Å². The fraction of sp³-hybridized carbons (Fsp3) is 0.480. The van der Waals surface area contributed by atoms with Crippen LogP contribution in [0.15, 0.2) is 48.5 Å². The van der Waals surface area contributed by atoms with E-state index in [9.17, 15) is 9.90 Å². The molecule has 0 aromatic heterocycles. The highest BCUT2D eigenvalue weighted by atomic mass is 16.6. The summed E-state index contributed by atoms with van der Waals surface area (Å²) in [5, 5.41) is 9.95. The van der Waals surface area contributed by atoms with E-state index in [1.165, 1.54) is 35.1 Å². The summed E-state index contributed by atoms with van der Waals surface area (Å²) in [7, 11) is 0. The van der Waals surface area contributed by atoms with E-state index in [4.69, 9.17) is 4.74 Å². The van der Waals surface area contributed by atoms with Crippen LogP contribution in [-0.4, -0.2) is 42.4 Å². The molecule has 1 amide bonds. The first-order valence-corrected chi connectivity index (χ1v) is 10.8. The van der Waals surface area contributed by atoms with E-state index in [2.05, 4.69) is 48.5 Å². The van der Waals surface area contributed by atoms with Crippen LogP contribution in [-0.2, 0) is 4.74 Å². The number of carbonyl (C=O) groups excluding carboxylic acids is 1. The van der Waals surface area contributed by atoms with Gasteiger partial charge in [0.15, 0.2) is 0 Å². The predicted octanol–water partition coefficient (Wildman–Crippen LogP) is 4.42. The number of aliphatic hydroxyl groups is 1. The van der Waals surface area contributed by atoms with Gasteiger partial charge in [0.25, 0.3) is 0 Å². The standard InChI is InChI=1S/C25H27NO3/c27-16-24-12-25(13-24,17-9-10-17)15-26(14-24)23(28)29-11-22-20-7-3-1-5-18(20)19-6-2-4-8-21(19)22/h1-8,17,22,27H,9-16H2. The van der Waals surface area contributed by atoms with Gasteiger partial charge in [0, 0.05) is 24.4 Å². The molecule has 0 atom stereocenters. The highest BCUT2D eigenvalue weighted by Gasteiger charge is 2.64. The number of piperidine rings is 2. The normalized spacial score (nSPS) is 29.8. The molecule has 0 radical (unpaired) electrons. The third-order valence-electron chi connectivity index (χ3n) is 7.86. The maximum absolute atomic E-state index is 13.0. The summed E-state index contributed by atoms with van der Waals surface area (Å²) in [4.78, 5) is 14.9. The minimum Gasteiger partial charge on any atom is -0.448 e. The molecule has 0 spiro atoms. The molecule has 2 bridgehead atoms. The lowest BCUT2D eigenvalue weighted by Crippen LogP contribution is -2.66. The van der Waals surface area contributed by atoms with Crippen molar-refractivity contribution in [3.63, 3.8) is 0 Å². The van der Waals surface area contributed by atoms with E-state index in [-0.39, 0.29) is 29.4 Å². The summed E-state index contributed by atoms with van der Waals surface area (Å²) < 4.78 is 5.89. The summed E-state index contributed by atoms with van der Waals surface area (Å²) >= 11 is 0. The molecule has 2 heterocycles. The fourth-order valence-electron chi connectivity index (χ4n) is 6.60. The number of carbonyl (C=O) groups is 1. The van der Waals surface area contributed by atoms with Gasteiger partial charge in [0.1, 0.15) is 6.61 Å². The molecule has 5 aliphatic rings. The Labute approximate surface area is 171 Å². The van der Waals surface area contributed by atoms with Crippen LogP contribution in [0, 0.1) is 16.7 Å². The number of fused-ring (bicyclic) bond motifs is 5. The molecule has 1 N–H and O–H groups in total. The van der Waals surface area contributed by atoms with Crippen LogP contribution in [0.25, 0.3) is 11.1 Å². The summed E-state index contributed by atoms with van der Waals surface area (Å²) in [6.07, 6.45) is 4.50. The first kappa shape index (κ1) is 17.5. The van der Waals surface area contributed by atoms with Crippen LogP contribution in [0.4, 0.5) is 4.79 Å². The Morgan fingerprint density at radius 2 is 1.62 bits per heavy atom. The number of hydrogen-bond donors (Lipinski definition) is 1. The van der Waals surface area contributed by atoms with Gasteiger partial charge < -0.3 is 14.7 Å². The Morgan fingerprint density at radius 1 is 1.00 bits per heavy atom. The number of nitrogens with zero attached hydrogens (tertiary/aromatic N) is 1. The van der Waals surface area contributed by atoms with Crippen LogP contribution in [0.2, 0.25) is 0 Å². The molecule has 7 rings (SSSR count). The first-order valence-electron chi connectivity index (χ1n) is 10.8. The van der Waals surface area contributed by atoms with Crippen LogP contribution in [0.3, 0.4) is 0 Å². The van der Waals surface area contributed by atoms with Gasteiger partial charge >= 0.3 is 6.09 Å². The molecule has 2 aliphatic heterocycles. The molecule has 2 saturated heterocycles. The molecule has 2 aromatic carbocycles. The van der Waals surface area contributed by atoms with Crippen molar-refractivity contribution in [3.8, 4) is 11.1 Å². The molecule has 4 fully saturated rings. The van der Waals surface area contributed by atoms with Crippen molar-refractivity contribution in [1.82, 2.24) is 4.90 Å². The topological polar surface area (TPSA) is 49.8 Å². The van der Waals surface area contributed by atoms with E-state index in [0.717, 1.165) is 25.3 Å². The smallest absolute Gasteiger partial charge is 0.409 e. The zero-order chi connectivity index (χ0) is 19.6. The van der Waals surface area contributed by atoms with E-state index < -0.39 is 0 Å². The van der Waals surface area contributed by atoms with E-state index in [1.54, 1.807) is 0 Å². The Balaban J connectivity index is 1.20. The highest BCUT2D eigenvalue weighted by Crippen LogP contribution is 2.67. The lowest BCUT2D eigenvalue weighted by atomic mass is 9.48. The van der Waals surface area contributed by atoms with Crippen LogP contribution in [0.5, 0.6) is 0 Å². The number of hydrogen-bond acceptors (Lipinski definition) is 3. The number of aliphatic hydroxyl groups excluding tert-OH is 1. The van der Waals surface area contributed by atoms with Crippen molar-refractivity contribution in [3.05, 3.63) is 59.7 Å². The van der Waals surface area contributed by atoms with Gasteiger partial charge in [-0.3, -0.25) is 0 Å². The maximum atomic E-state index is 13.0. The Hall–Kier alpha value is -2.33. The molecule has 4 heteroatoms.